The largest absolute Gasteiger partial charge is 0.467 e. The van der Waals surface area contributed by atoms with Gasteiger partial charge in [0.2, 0.25) is 5.91 Å². The number of esters is 1. The molecular weight excluding hydrogens is 388 g/mol. The van der Waals surface area contributed by atoms with Crippen molar-refractivity contribution in [1.82, 2.24) is 10.2 Å². The predicted octanol–water partition coefficient (Wildman–Crippen LogP) is 2.29. The Morgan fingerprint density at radius 1 is 1.32 bits per heavy atom. The molecule has 134 valence electrons. The summed E-state index contributed by atoms with van der Waals surface area (Å²) in [5.74, 6) is -1.16. The minimum absolute atomic E-state index is 0.351. The number of nitrogens with one attached hydrogen (secondary N) is 1. The lowest BCUT2D eigenvalue weighted by atomic mass is 10.0. The van der Waals surface area contributed by atoms with Crippen LogP contribution in [0.2, 0.25) is 0 Å². The molecule has 0 saturated carbocycles. The first-order valence-electron chi connectivity index (χ1n) is 8.05. The van der Waals surface area contributed by atoms with Gasteiger partial charge in [-0.2, -0.15) is 0 Å². The molecule has 2 rings (SSSR count). The van der Waals surface area contributed by atoms with Gasteiger partial charge in [0, 0.05) is 16.6 Å². The summed E-state index contributed by atoms with van der Waals surface area (Å²) in [6.45, 7) is 4.10. The highest BCUT2D eigenvalue weighted by molar-refractivity contribution is 9.10. The Balaban J connectivity index is 2.11. The third kappa shape index (κ3) is 4.69. The number of benzene rings is 1. The maximum absolute atomic E-state index is 12.8. The lowest BCUT2D eigenvalue weighted by Crippen LogP contribution is -2.55. The molecule has 2 atom stereocenters. The van der Waals surface area contributed by atoms with E-state index in [1.807, 2.05) is 0 Å². The first-order chi connectivity index (χ1) is 12.0. The Labute approximate surface area is 155 Å². The van der Waals surface area contributed by atoms with Gasteiger partial charge in [0.15, 0.2) is 0 Å². The van der Waals surface area contributed by atoms with Crippen LogP contribution in [0.4, 0.5) is 0 Å². The molecule has 1 aliphatic rings. The number of carbonyl (C=O) groups is 3. The second kappa shape index (κ2) is 8.80. The summed E-state index contributed by atoms with van der Waals surface area (Å²) in [5, 5.41) is 2.66. The van der Waals surface area contributed by atoms with Crippen molar-refractivity contribution in [2.75, 3.05) is 13.7 Å². The van der Waals surface area contributed by atoms with Gasteiger partial charge in [-0.3, -0.25) is 9.59 Å². The molecule has 1 aromatic carbocycles. The summed E-state index contributed by atoms with van der Waals surface area (Å²) >= 11 is 3.31. The van der Waals surface area contributed by atoms with Gasteiger partial charge in [0.25, 0.3) is 5.91 Å². The number of halogens is 1. The monoisotopic (exact) mass is 408 g/mol. The van der Waals surface area contributed by atoms with Gasteiger partial charge in [0.1, 0.15) is 12.1 Å². The van der Waals surface area contributed by atoms with E-state index in [-0.39, 0.29) is 11.8 Å². The topological polar surface area (TPSA) is 75.7 Å². The van der Waals surface area contributed by atoms with E-state index in [2.05, 4.69) is 27.8 Å². The first-order valence-corrected chi connectivity index (χ1v) is 8.84. The van der Waals surface area contributed by atoms with Crippen molar-refractivity contribution in [2.24, 2.45) is 0 Å². The van der Waals surface area contributed by atoms with E-state index in [1.165, 1.54) is 18.1 Å². The second-order valence-electron chi connectivity index (χ2n) is 5.76. The number of likely N-dealkylation sites (tertiary alicyclic amines) is 1. The van der Waals surface area contributed by atoms with Crippen molar-refractivity contribution in [3.63, 3.8) is 0 Å². The molecule has 0 unspecified atom stereocenters. The SMILES string of the molecule is C=C[C@H](NC(=O)c1ccc(Br)cc1)C(=O)N1CCCC[C@H]1C(=O)OC. The van der Waals surface area contributed by atoms with E-state index >= 15 is 0 Å². The molecule has 25 heavy (non-hydrogen) atoms. The molecule has 1 N–H and O–H groups in total. The third-order valence-corrected chi connectivity index (χ3v) is 4.68. The van der Waals surface area contributed by atoms with Crippen LogP contribution in [0.3, 0.4) is 0 Å². The van der Waals surface area contributed by atoms with Crippen LogP contribution in [0.15, 0.2) is 41.4 Å². The zero-order valence-corrected chi connectivity index (χ0v) is 15.6. The maximum Gasteiger partial charge on any atom is 0.328 e. The molecule has 2 amide bonds. The van der Waals surface area contributed by atoms with E-state index in [9.17, 15) is 14.4 Å². The molecule has 0 spiro atoms. The van der Waals surface area contributed by atoms with Crippen LogP contribution in [0.5, 0.6) is 0 Å². The van der Waals surface area contributed by atoms with E-state index in [4.69, 9.17) is 4.74 Å². The Kier molecular flexibility index (Phi) is 6.75. The molecular formula is C18H21BrN2O4. The number of amides is 2. The van der Waals surface area contributed by atoms with Crippen LogP contribution in [-0.4, -0.2) is 48.4 Å². The zero-order valence-electron chi connectivity index (χ0n) is 14.0. The van der Waals surface area contributed by atoms with Crippen LogP contribution in [-0.2, 0) is 14.3 Å². The van der Waals surface area contributed by atoms with Crippen LogP contribution in [0.25, 0.3) is 0 Å². The van der Waals surface area contributed by atoms with Crippen molar-refractivity contribution in [2.45, 2.75) is 31.3 Å². The van der Waals surface area contributed by atoms with Crippen molar-refractivity contribution in [1.29, 1.82) is 0 Å². The van der Waals surface area contributed by atoms with Crippen molar-refractivity contribution >= 4 is 33.7 Å². The summed E-state index contributed by atoms with van der Waals surface area (Å²) in [6.07, 6.45) is 3.60. The average molecular weight is 409 g/mol. The highest BCUT2D eigenvalue weighted by Gasteiger charge is 2.35. The summed E-state index contributed by atoms with van der Waals surface area (Å²) < 4.78 is 5.65. The molecule has 1 aromatic rings. The normalized spacial score (nSPS) is 18.2. The Morgan fingerprint density at radius 3 is 2.60 bits per heavy atom. The highest BCUT2D eigenvalue weighted by Crippen LogP contribution is 2.19. The Bertz CT molecular complexity index is 660. The first kappa shape index (κ1) is 19.2. The van der Waals surface area contributed by atoms with Gasteiger partial charge in [-0.1, -0.05) is 22.0 Å². The number of hydrogen-bond acceptors (Lipinski definition) is 4. The number of carbonyl (C=O) groups excluding carboxylic acids is 3. The number of rotatable bonds is 5. The quantitative estimate of drug-likeness (QED) is 0.598. The van der Waals surface area contributed by atoms with Crippen LogP contribution in [0.1, 0.15) is 29.6 Å². The minimum Gasteiger partial charge on any atom is -0.467 e. The summed E-state index contributed by atoms with van der Waals surface area (Å²) in [7, 11) is 1.31. The molecule has 0 bridgehead atoms. The lowest BCUT2D eigenvalue weighted by Gasteiger charge is -2.35. The lowest BCUT2D eigenvalue weighted by molar-refractivity contribution is -0.154. The number of piperidine rings is 1. The minimum atomic E-state index is -0.901. The Morgan fingerprint density at radius 2 is 2.00 bits per heavy atom. The van der Waals surface area contributed by atoms with Crippen molar-refractivity contribution < 1.29 is 19.1 Å². The zero-order chi connectivity index (χ0) is 18.4. The maximum atomic E-state index is 12.8. The predicted molar refractivity (Wildman–Crippen MR) is 97.0 cm³/mol. The molecule has 0 aromatic heterocycles. The summed E-state index contributed by atoms with van der Waals surface area (Å²) in [6, 6.07) is 5.29. The van der Waals surface area contributed by atoms with E-state index in [1.54, 1.807) is 24.3 Å². The number of methoxy groups -OCH3 is 1. The molecule has 0 aliphatic carbocycles. The van der Waals surface area contributed by atoms with Gasteiger partial charge in [-0.15, -0.1) is 6.58 Å². The van der Waals surface area contributed by atoms with Gasteiger partial charge in [-0.05, 0) is 43.5 Å². The van der Waals surface area contributed by atoms with Crippen molar-refractivity contribution in [3.05, 3.63) is 47.0 Å². The van der Waals surface area contributed by atoms with Gasteiger partial charge < -0.3 is 15.0 Å². The van der Waals surface area contributed by atoms with Gasteiger partial charge in [-0.25, -0.2) is 4.79 Å². The number of nitrogens with zero attached hydrogens (tertiary/aromatic N) is 1. The summed E-state index contributed by atoms with van der Waals surface area (Å²) in [5.41, 5.74) is 0.436. The average Bonchev–Trinajstić information content (AvgIpc) is 2.65. The number of hydrogen-bond donors (Lipinski definition) is 1. The fraction of sp³-hybridized carbons (Fsp3) is 0.389. The molecule has 7 heteroatoms. The number of ether oxygens (including phenoxy) is 1. The van der Waals surface area contributed by atoms with Crippen LogP contribution >= 0.6 is 15.9 Å². The molecule has 1 heterocycles. The fourth-order valence-corrected chi connectivity index (χ4v) is 3.07. The smallest absolute Gasteiger partial charge is 0.328 e. The Hall–Kier alpha value is -2.15. The van der Waals surface area contributed by atoms with E-state index in [0.717, 1.165) is 17.3 Å². The molecule has 1 saturated heterocycles. The van der Waals surface area contributed by atoms with Gasteiger partial charge >= 0.3 is 5.97 Å². The van der Waals surface area contributed by atoms with Crippen molar-refractivity contribution in [3.8, 4) is 0 Å². The standard InChI is InChI=1S/C18H21BrN2O4/c1-3-14(20-16(22)12-7-9-13(19)10-8-12)17(23)21-11-5-4-6-15(21)18(24)25-2/h3,7-10,14-15H,1,4-6,11H2,2H3,(H,20,22)/t14-,15-/m0/s1. The third-order valence-electron chi connectivity index (χ3n) is 4.15. The highest BCUT2D eigenvalue weighted by atomic mass is 79.9. The molecule has 0 radical (unpaired) electrons. The fourth-order valence-electron chi connectivity index (χ4n) is 2.80. The van der Waals surface area contributed by atoms with E-state index in [0.29, 0.717) is 18.5 Å². The second-order valence-corrected chi connectivity index (χ2v) is 6.68. The summed E-state index contributed by atoms with van der Waals surface area (Å²) in [4.78, 5) is 38.6. The molecule has 1 aliphatic heterocycles. The van der Waals surface area contributed by atoms with Gasteiger partial charge in [0.05, 0.1) is 7.11 Å². The van der Waals surface area contributed by atoms with Crippen LogP contribution < -0.4 is 5.32 Å². The van der Waals surface area contributed by atoms with Crippen LogP contribution in [0, 0.1) is 0 Å². The molecule has 1 fully saturated rings. The molecule has 6 nitrogen and oxygen atoms in total. The van der Waals surface area contributed by atoms with E-state index < -0.39 is 18.1 Å².